The molecule has 17 heavy (non-hydrogen) atoms. The lowest BCUT2D eigenvalue weighted by atomic mass is 10.2. The lowest BCUT2D eigenvalue weighted by Crippen LogP contribution is -2.20. The van der Waals surface area contributed by atoms with Crippen molar-refractivity contribution in [1.82, 2.24) is 10.3 Å². The minimum absolute atomic E-state index is 0.154. The Labute approximate surface area is 99.0 Å². The van der Waals surface area contributed by atoms with Crippen LogP contribution in [0.3, 0.4) is 0 Å². The van der Waals surface area contributed by atoms with Crippen molar-refractivity contribution in [2.45, 2.75) is 6.54 Å². The summed E-state index contributed by atoms with van der Waals surface area (Å²) in [5, 5.41) is 2.77. The molecular weight excluding hydrogens is 216 g/mol. The maximum Gasteiger partial charge on any atom is 0.244 e. The zero-order valence-corrected chi connectivity index (χ0v) is 9.17. The number of hydrogen-bond acceptors (Lipinski definition) is 3. The molecule has 1 amide bonds. The first kappa shape index (κ1) is 11.1. The summed E-state index contributed by atoms with van der Waals surface area (Å²) in [5.41, 5.74) is 1.01. The van der Waals surface area contributed by atoms with Gasteiger partial charge in [0.15, 0.2) is 0 Å². The Morgan fingerprint density at radius 2 is 2.18 bits per heavy atom. The molecule has 1 N–H and O–H groups in total. The quantitative estimate of drug-likeness (QED) is 0.814. The molecule has 2 heterocycles. The molecule has 0 fully saturated rings. The van der Waals surface area contributed by atoms with Crippen molar-refractivity contribution in [2.75, 3.05) is 0 Å². The molecule has 0 atom stereocenters. The van der Waals surface area contributed by atoms with Gasteiger partial charge in [0.2, 0.25) is 5.91 Å². The number of carbonyl (C=O) groups excluding carboxylic acids is 1. The molecule has 0 aliphatic carbocycles. The number of amides is 1. The molecule has 0 saturated carbocycles. The van der Waals surface area contributed by atoms with Crippen molar-refractivity contribution < 1.29 is 9.21 Å². The van der Waals surface area contributed by atoms with E-state index >= 15 is 0 Å². The van der Waals surface area contributed by atoms with Gasteiger partial charge in [-0.1, -0.05) is 0 Å². The fourth-order valence-electron chi connectivity index (χ4n) is 1.29. The highest BCUT2D eigenvalue weighted by Crippen LogP contribution is 2.02. The third-order valence-corrected chi connectivity index (χ3v) is 2.16. The zero-order valence-electron chi connectivity index (χ0n) is 9.17. The average molecular weight is 228 g/mol. The normalized spacial score (nSPS) is 10.6. The first-order valence-electron chi connectivity index (χ1n) is 5.23. The summed E-state index contributed by atoms with van der Waals surface area (Å²) in [4.78, 5) is 15.4. The van der Waals surface area contributed by atoms with Crippen LogP contribution in [0.2, 0.25) is 0 Å². The molecule has 0 aliphatic heterocycles. The summed E-state index contributed by atoms with van der Waals surface area (Å²) < 4.78 is 5.07. The fourth-order valence-corrected chi connectivity index (χ4v) is 1.29. The van der Waals surface area contributed by atoms with Crippen LogP contribution < -0.4 is 5.32 Å². The molecule has 86 valence electrons. The van der Waals surface area contributed by atoms with Crippen LogP contribution in [0, 0.1) is 0 Å². The molecule has 2 aromatic heterocycles. The average Bonchev–Trinajstić information content (AvgIpc) is 2.88. The van der Waals surface area contributed by atoms with Gasteiger partial charge in [0.25, 0.3) is 0 Å². The van der Waals surface area contributed by atoms with E-state index in [0.717, 1.165) is 5.56 Å². The number of hydrogen-bond donors (Lipinski definition) is 1. The summed E-state index contributed by atoms with van der Waals surface area (Å²) in [5.74, 6) is 0.502. The molecule has 0 aliphatic rings. The van der Waals surface area contributed by atoms with Crippen molar-refractivity contribution in [3.05, 3.63) is 60.3 Å². The van der Waals surface area contributed by atoms with Crippen molar-refractivity contribution in [3.63, 3.8) is 0 Å². The number of nitrogens with zero attached hydrogens (tertiary/aromatic N) is 1. The van der Waals surface area contributed by atoms with Gasteiger partial charge in [0.05, 0.1) is 6.26 Å². The largest absolute Gasteiger partial charge is 0.465 e. The number of carbonyl (C=O) groups is 1. The van der Waals surface area contributed by atoms with Crippen LogP contribution in [0.4, 0.5) is 0 Å². The van der Waals surface area contributed by atoms with E-state index in [1.165, 1.54) is 6.08 Å². The smallest absolute Gasteiger partial charge is 0.244 e. The topological polar surface area (TPSA) is 55.1 Å². The second-order valence-corrected chi connectivity index (χ2v) is 3.42. The molecule has 0 bridgehead atoms. The van der Waals surface area contributed by atoms with Crippen LogP contribution >= 0.6 is 0 Å². The van der Waals surface area contributed by atoms with Crippen molar-refractivity contribution >= 4 is 12.0 Å². The van der Waals surface area contributed by atoms with Crippen molar-refractivity contribution in [1.29, 1.82) is 0 Å². The van der Waals surface area contributed by atoms with E-state index < -0.39 is 0 Å². The van der Waals surface area contributed by atoms with E-state index in [1.807, 2.05) is 12.1 Å². The number of pyridine rings is 1. The molecule has 0 saturated heterocycles. The summed E-state index contributed by atoms with van der Waals surface area (Å²) in [7, 11) is 0. The maximum atomic E-state index is 11.5. The lowest BCUT2D eigenvalue weighted by molar-refractivity contribution is -0.116. The molecular formula is C13H12N2O2. The van der Waals surface area contributed by atoms with Crippen LogP contribution in [0.15, 0.2) is 53.4 Å². The highest BCUT2D eigenvalue weighted by molar-refractivity contribution is 5.91. The van der Waals surface area contributed by atoms with Crippen molar-refractivity contribution in [2.24, 2.45) is 0 Å². The van der Waals surface area contributed by atoms with Crippen LogP contribution in [-0.4, -0.2) is 10.9 Å². The fraction of sp³-hybridized carbons (Fsp3) is 0.0769. The van der Waals surface area contributed by atoms with E-state index in [0.29, 0.717) is 12.3 Å². The first-order valence-corrected chi connectivity index (χ1v) is 5.23. The Morgan fingerprint density at radius 3 is 2.88 bits per heavy atom. The Kier molecular flexibility index (Phi) is 3.70. The van der Waals surface area contributed by atoms with Gasteiger partial charge in [-0.15, -0.1) is 0 Å². The second kappa shape index (κ2) is 5.65. The van der Waals surface area contributed by atoms with Gasteiger partial charge in [0.1, 0.15) is 5.76 Å². The predicted molar refractivity (Wildman–Crippen MR) is 63.8 cm³/mol. The molecule has 4 heteroatoms. The third kappa shape index (κ3) is 3.61. The van der Waals surface area contributed by atoms with Gasteiger partial charge in [-0.3, -0.25) is 9.78 Å². The molecule has 0 unspecified atom stereocenters. The highest BCUT2D eigenvalue weighted by atomic mass is 16.3. The SMILES string of the molecule is O=C(/C=C/c1ccco1)NCc1ccncc1. The zero-order chi connectivity index (χ0) is 11.9. The Morgan fingerprint density at radius 1 is 1.35 bits per heavy atom. The maximum absolute atomic E-state index is 11.5. The third-order valence-electron chi connectivity index (χ3n) is 2.16. The molecule has 2 rings (SSSR count). The minimum Gasteiger partial charge on any atom is -0.465 e. The van der Waals surface area contributed by atoms with Gasteiger partial charge < -0.3 is 9.73 Å². The van der Waals surface area contributed by atoms with Crippen molar-refractivity contribution in [3.8, 4) is 0 Å². The molecule has 0 radical (unpaired) electrons. The van der Waals surface area contributed by atoms with Gasteiger partial charge >= 0.3 is 0 Å². The second-order valence-electron chi connectivity index (χ2n) is 3.42. The molecule has 0 aromatic carbocycles. The molecule has 0 spiro atoms. The van der Waals surface area contributed by atoms with Gasteiger partial charge in [-0.25, -0.2) is 0 Å². The summed E-state index contributed by atoms with van der Waals surface area (Å²) in [6.45, 7) is 0.490. The van der Waals surface area contributed by atoms with Crippen LogP contribution in [-0.2, 0) is 11.3 Å². The number of rotatable bonds is 4. The number of aromatic nitrogens is 1. The molecule has 4 nitrogen and oxygen atoms in total. The van der Waals surface area contributed by atoms with Gasteiger partial charge in [-0.2, -0.15) is 0 Å². The summed E-state index contributed by atoms with van der Waals surface area (Å²) in [6, 6.07) is 7.27. The highest BCUT2D eigenvalue weighted by Gasteiger charge is 1.96. The molecule has 2 aromatic rings. The Balaban J connectivity index is 1.82. The number of nitrogens with one attached hydrogen (secondary N) is 1. The van der Waals surface area contributed by atoms with E-state index in [9.17, 15) is 4.79 Å². The summed E-state index contributed by atoms with van der Waals surface area (Å²) >= 11 is 0. The van der Waals surface area contributed by atoms with Crippen LogP contribution in [0.1, 0.15) is 11.3 Å². The van der Waals surface area contributed by atoms with Crippen LogP contribution in [0.5, 0.6) is 0 Å². The van der Waals surface area contributed by atoms with Gasteiger partial charge in [0, 0.05) is 25.0 Å². The van der Waals surface area contributed by atoms with E-state index in [4.69, 9.17) is 4.42 Å². The minimum atomic E-state index is -0.154. The van der Waals surface area contributed by atoms with E-state index in [1.54, 1.807) is 36.9 Å². The van der Waals surface area contributed by atoms with E-state index in [-0.39, 0.29) is 5.91 Å². The first-order chi connectivity index (χ1) is 8.34. The monoisotopic (exact) mass is 228 g/mol. The Bertz CT molecular complexity index is 489. The number of furan rings is 1. The van der Waals surface area contributed by atoms with Crippen LogP contribution in [0.25, 0.3) is 6.08 Å². The van der Waals surface area contributed by atoms with E-state index in [2.05, 4.69) is 10.3 Å². The van der Waals surface area contributed by atoms with Gasteiger partial charge in [-0.05, 0) is 35.9 Å². The lowest BCUT2D eigenvalue weighted by Gasteiger charge is -2.00. The Hall–Kier alpha value is -2.36. The standard InChI is InChI=1S/C13H12N2O2/c16-13(4-3-12-2-1-9-17-12)15-10-11-5-7-14-8-6-11/h1-9H,10H2,(H,15,16)/b4-3+. The summed E-state index contributed by atoms with van der Waals surface area (Å²) in [6.07, 6.45) is 8.02. The predicted octanol–water partition coefficient (Wildman–Crippen LogP) is 2.00.